The van der Waals surface area contributed by atoms with E-state index in [1.165, 1.54) is 13.1 Å². The quantitative estimate of drug-likeness (QED) is 0.193. The molecule has 0 radical (unpaired) electrons. The number of allylic oxidation sites excluding steroid dienone is 2. The van der Waals surface area contributed by atoms with E-state index in [0.717, 1.165) is 11.2 Å². The van der Waals surface area contributed by atoms with Gasteiger partial charge >= 0.3 is 5.97 Å². The minimum atomic E-state index is -0.473. The molecule has 1 aromatic rings. The normalized spacial score (nSPS) is 10.8. The van der Waals surface area contributed by atoms with Crippen LogP contribution in [0.3, 0.4) is 0 Å². The van der Waals surface area contributed by atoms with Gasteiger partial charge in [0, 0.05) is 23.1 Å². The van der Waals surface area contributed by atoms with Crippen molar-refractivity contribution in [3.63, 3.8) is 0 Å². The fourth-order valence-corrected chi connectivity index (χ4v) is 2.09. The SMILES string of the molecule is C=C(C=CCSc1ccccc1C=O)C=NOC(C)=O. The Bertz CT molecular complexity index is 550. The zero-order valence-corrected chi connectivity index (χ0v) is 11.9. The van der Waals surface area contributed by atoms with Gasteiger partial charge in [0.05, 0.1) is 6.21 Å². The molecule has 0 N–H and O–H groups in total. The average molecular weight is 289 g/mol. The van der Waals surface area contributed by atoms with Crippen LogP contribution in [0.25, 0.3) is 0 Å². The van der Waals surface area contributed by atoms with Crippen molar-refractivity contribution in [2.75, 3.05) is 5.75 Å². The Morgan fingerprint density at radius 2 is 2.20 bits per heavy atom. The third-order valence-electron chi connectivity index (χ3n) is 2.11. The second kappa shape index (κ2) is 8.87. The van der Waals surface area contributed by atoms with Crippen molar-refractivity contribution in [2.24, 2.45) is 5.16 Å². The molecule has 0 aliphatic carbocycles. The maximum absolute atomic E-state index is 10.8. The molecule has 0 aliphatic rings. The Balaban J connectivity index is 2.41. The lowest BCUT2D eigenvalue weighted by Crippen LogP contribution is -1.91. The lowest BCUT2D eigenvalue weighted by atomic mass is 10.2. The Morgan fingerprint density at radius 3 is 2.90 bits per heavy atom. The molecule has 4 nitrogen and oxygen atoms in total. The zero-order chi connectivity index (χ0) is 14.8. The maximum Gasteiger partial charge on any atom is 0.331 e. The van der Waals surface area contributed by atoms with Gasteiger partial charge in [0.1, 0.15) is 0 Å². The first kappa shape index (κ1) is 15.9. The van der Waals surface area contributed by atoms with Gasteiger partial charge in [-0.25, -0.2) is 4.79 Å². The summed E-state index contributed by atoms with van der Waals surface area (Å²) >= 11 is 1.55. The van der Waals surface area contributed by atoms with Crippen LogP contribution in [0, 0.1) is 0 Å². The van der Waals surface area contributed by atoms with Gasteiger partial charge in [-0.2, -0.15) is 0 Å². The molecule has 1 rings (SSSR count). The highest BCUT2D eigenvalue weighted by atomic mass is 32.2. The van der Waals surface area contributed by atoms with Gasteiger partial charge in [-0.05, 0) is 11.6 Å². The highest BCUT2D eigenvalue weighted by molar-refractivity contribution is 7.99. The summed E-state index contributed by atoms with van der Waals surface area (Å²) in [7, 11) is 0. The van der Waals surface area contributed by atoms with E-state index in [1.807, 2.05) is 24.3 Å². The second-order valence-corrected chi connectivity index (χ2v) is 4.82. The average Bonchev–Trinajstić information content (AvgIpc) is 2.43. The Morgan fingerprint density at radius 1 is 1.45 bits per heavy atom. The van der Waals surface area contributed by atoms with E-state index in [0.29, 0.717) is 16.9 Å². The molecule has 0 fully saturated rings. The molecule has 20 heavy (non-hydrogen) atoms. The maximum atomic E-state index is 10.8. The van der Waals surface area contributed by atoms with Crippen LogP contribution < -0.4 is 0 Å². The van der Waals surface area contributed by atoms with Crippen LogP contribution >= 0.6 is 11.8 Å². The van der Waals surface area contributed by atoms with Crippen molar-refractivity contribution < 1.29 is 14.4 Å². The number of carbonyl (C=O) groups is 2. The molecular formula is C15H15NO3S. The molecule has 0 spiro atoms. The summed E-state index contributed by atoms with van der Waals surface area (Å²) in [6.07, 6.45) is 5.87. The van der Waals surface area contributed by atoms with E-state index < -0.39 is 5.97 Å². The molecular weight excluding hydrogens is 274 g/mol. The van der Waals surface area contributed by atoms with Crippen LogP contribution in [0.2, 0.25) is 0 Å². The number of nitrogens with zero attached hydrogens (tertiary/aromatic N) is 1. The monoisotopic (exact) mass is 289 g/mol. The smallest absolute Gasteiger partial charge is 0.319 e. The second-order valence-electron chi connectivity index (χ2n) is 3.76. The molecule has 1 aromatic carbocycles. The number of benzene rings is 1. The van der Waals surface area contributed by atoms with Crippen molar-refractivity contribution in [1.29, 1.82) is 0 Å². The first-order valence-electron chi connectivity index (χ1n) is 5.87. The third-order valence-corrected chi connectivity index (χ3v) is 3.15. The van der Waals surface area contributed by atoms with E-state index >= 15 is 0 Å². The van der Waals surface area contributed by atoms with Gasteiger partial charge < -0.3 is 4.84 Å². The fraction of sp³-hybridized carbons (Fsp3) is 0.133. The van der Waals surface area contributed by atoms with Crippen LogP contribution in [0.15, 0.2) is 58.6 Å². The van der Waals surface area contributed by atoms with Gasteiger partial charge in [-0.3, -0.25) is 4.79 Å². The first-order chi connectivity index (χ1) is 9.63. The molecule has 0 heterocycles. The number of thioether (sulfide) groups is 1. The molecule has 104 valence electrons. The fourth-order valence-electron chi connectivity index (χ4n) is 1.26. The Labute approximate surface area is 122 Å². The molecule has 0 amide bonds. The standard InChI is InChI=1S/C15H15NO3S/c1-12(10-16-19-13(2)18)6-5-9-20-15-8-4-3-7-14(15)11-17/h3-8,10-11H,1,9H2,2H3. The molecule has 0 atom stereocenters. The predicted molar refractivity (Wildman–Crippen MR) is 81.1 cm³/mol. The van der Waals surface area contributed by atoms with Crippen LogP contribution in [0.5, 0.6) is 0 Å². The summed E-state index contributed by atoms with van der Waals surface area (Å²) in [4.78, 5) is 26.7. The summed E-state index contributed by atoms with van der Waals surface area (Å²) < 4.78 is 0. The van der Waals surface area contributed by atoms with Crippen LogP contribution in [-0.2, 0) is 9.63 Å². The van der Waals surface area contributed by atoms with Crippen LogP contribution in [0.1, 0.15) is 17.3 Å². The molecule has 0 saturated carbocycles. The summed E-state index contributed by atoms with van der Waals surface area (Å²) in [5.41, 5.74) is 1.30. The molecule has 0 unspecified atom stereocenters. The minimum Gasteiger partial charge on any atom is -0.319 e. The number of oxime groups is 1. The number of aldehydes is 1. The summed E-state index contributed by atoms with van der Waals surface area (Å²) in [6.45, 7) is 5.01. The molecule has 0 bridgehead atoms. The third kappa shape index (κ3) is 6.15. The highest BCUT2D eigenvalue weighted by Gasteiger charge is 1.98. The predicted octanol–water partition coefficient (Wildman–Crippen LogP) is 3.25. The van der Waals surface area contributed by atoms with Gasteiger partial charge in [0.15, 0.2) is 6.29 Å². The molecule has 0 aliphatic heterocycles. The topological polar surface area (TPSA) is 55.7 Å². The van der Waals surface area contributed by atoms with Gasteiger partial charge in [0.25, 0.3) is 0 Å². The molecule has 0 saturated heterocycles. The largest absolute Gasteiger partial charge is 0.331 e. The number of rotatable bonds is 7. The Kier molecular flexibility index (Phi) is 7.06. The van der Waals surface area contributed by atoms with Gasteiger partial charge in [0.2, 0.25) is 0 Å². The van der Waals surface area contributed by atoms with E-state index in [2.05, 4.69) is 16.6 Å². The number of hydrogen-bond acceptors (Lipinski definition) is 5. The van der Waals surface area contributed by atoms with E-state index in [1.54, 1.807) is 23.9 Å². The van der Waals surface area contributed by atoms with Gasteiger partial charge in [-0.1, -0.05) is 42.1 Å². The highest BCUT2D eigenvalue weighted by Crippen LogP contribution is 2.21. The number of carbonyl (C=O) groups excluding carboxylic acids is 2. The van der Waals surface area contributed by atoms with E-state index in [4.69, 9.17) is 0 Å². The van der Waals surface area contributed by atoms with Crippen molar-refractivity contribution in [3.05, 3.63) is 54.1 Å². The molecule has 5 heteroatoms. The summed E-state index contributed by atoms with van der Waals surface area (Å²) in [5, 5.41) is 3.46. The van der Waals surface area contributed by atoms with E-state index in [9.17, 15) is 9.59 Å². The van der Waals surface area contributed by atoms with Crippen molar-refractivity contribution in [2.45, 2.75) is 11.8 Å². The van der Waals surface area contributed by atoms with Crippen molar-refractivity contribution in [1.82, 2.24) is 0 Å². The minimum absolute atomic E-state index is 0.473. The first-order valence-corrected chi connectivity index (χ1v) is 6.85. The summed E-state index contributed by atoms with van der Waals surface area (Å²) in [5.74, 6) is 0.227. The number of hydrogen-bond donors (Lipinski definition) is 0. The summed E-state index contributed by atoms with van der Waals surface area (Å²) in [6, 6.07) is 7.41. The Hall–Kier alpha value is -2.14. The molecule has 0 aromatic heterocycles. The van der Waals surface area contributed by atoms with Crippen molar-refractivity contribution in [3.8, 4) is 0 Å². The van der Waals surface area contributed by atoms with Crippen LogP contribution in [-0.4, -0.2) is 24.2 Å². The zero-order valence-electron chi connectivity index (χ0n) is 11.1. The lowest BCUT2D eigenvalue weighted by molar-refractivity contribution is -0.140. The van der Waals surface area contributed by atoms with Crippen LogP contribution in [0.4, 0.5) is 0 Å². The van der Waals surface area contributed by atoms with Crippen molar-refractivity contribution >= 4 is 30.2 Å². The van der Waals surface area contributed by atoms with E-state index in [-0.39, 0.29) is 0 Å². The van der Waals surface area contributed by atoms with Gasteiger partial charge in [-0.15, -0.1) is 11.8 Å². The lowest BCUT2D eigenvalue weighted by Gasteiger charge is -2.01.